The van der Waals surface area contributed by atoms with Gasteiger partial charge in [-0.15, -0.1) is 10.2 Å². The smallest absolute Gasteiger partial charge is 0.147 e. The molecular formula is C14H19N5. The summed E-state index contributed by atoms with van der Waals surface area (Å²) >= 11 is 0. The molecule has 0 aromatic carbocycles. The van der Waals surface area contributed by atoms with Gasteiger partial charge in [0.15, 0.2) is 0 Å². The molecule has 0 radical (unpaired) electrons. The lowest BCUT2D eigenvalue weighted by Gasteiger charge is -2.14. The van der Waals surface area contributed by atoms with Crippen LogP contribution >= 0.6 is 0 Å². The molecule has 0 fully saturated rings. The molecule has 100 valence electrons. The molecule has 0 saturated heterocycles. The summed E-state index contributed by atoms with van der Waals surface area (Å²) in [7, 11) is 0. The number of rotatable bonds is 5. The molecule has 3 rings (SSSR count). The first-order valence-electron chi connectivity index (χ1n) is 6.95. The number of aryl methyl sites for hydroxylation is 1. The highest BCUT2D eigenvalue weighted by molar-refractivity contribution is 5.04. The van der Waals surface area contributed by atoms with E-state index in [0.29, 0.717) is 0 Å². The Hall–Kier alpha value is -1.75. The van der Waals surface area contributed by atoms with Crippen LogP contribution in [-0.4, -0.2) is 26.3 Å². The summed E-state index contributed by atoms with van der Waals surface area (Å²) in [5.41, 5.74) is 1.12. The number of aromatic nitrogens is 4. The van der Waals surface area contributed by atoms with E-state index in [-0.39, 0.29) is 0 Å². The molecule has 3 heterocycles. The minimum absolute atomic E-state index is 0.792. The highest BCUT2D eigenvalue weighted by Crippen LogP contribution is 2.13. The van der Waals surface area contributed by atoms with Crippen molar-refractivity contribution < 1.29 is 0 Å². The van der Waals surface area contributed by atoms with Crippen molar-refractivity contribution in [3.8, 4) is 0 Å². The number of hydrogen-bond acceptors (Lipinski definition) is 4. The Morgan fingerprint density at radius 2 is 2.21 bits per heavy atom. The normalized spacial score (nSPS) is 14.3. The molecule has 0 atom stereocenters. The number of nitrogens with one attached hydrogen (secondary N) is 1. The highest BCUT2D eigenvalue weighted by Gasteiger charge is 2.14. The van der Waals surface area contributed by atoms with Gasteiger partial charge >= 0.3 is 0 Å². The first-order valence-corrected chi connectivity index (χ1v) is 6.95. The van der Waals surface area contributed by atoms with Crippen molar-refractivity contribution >= 4 is 0 Å². The summed E-state index contributed by atoms with van der Waals surface area (Å²) in [6.45, 7) is 2.78. The average molecular weight is 257 g/mol. The molecule has 0 spiro atoms. The summed E-state index contributed by atoms with van der Waals surface area (Å²) < 4.78 is 2.26. The fourth-order valence-electron chi connectivity index (χ4n) is 2.46. The fraction of sp³-hybridized carbons (Fsp3) is 0.500. The average Bonchev–Trinajstić information content (AvgIpc) is 2.88. The minimum atomic E-state index is 0.792. The van der Waals surface area contributed by atoms with Gasteiger partial charge in [0.1, 0.15) is 11.6 Å². The molecule has 0 bridgehead atoms. The summed E-state index contributed by atoms with van der Waals surface area (Å²) in [5, 5.41) is 12.0. The molecule has 1 aliphatic heterocycles. The lowest BCUT2D eigenvalue weighted by atomic mass is 10.2. The predicted molar refractivity (Wildman–Crippen MR) is 72.6 cm³/mol. The molecule has 1 aliphatic rings. The molecule has 0 saturated carbocycles. The molecule has 0 unspecified atom stereocenters. The Morgan fingerprint density at radius 3 is 3.11 bits per heavy atom. The molecule has 19 heavy (non-hydrogen) atoms. The van der Waals surface area contributed by atoms with Crippen molar-refractivity contribution in [2.24, 2.45) is 0 Å². The zero-order chi connectivity index (χ0) is 12.9. The van der Waals surface area contributed by atoms with Gasteiger partial charge in [0.2, 0.25) is 0 Å². The maximum absolute atomic E-state index is 4.31. The quantitative estimate of drug-likeness (QED) is 0.821. The molecule has 2 aromatic heterocycles. The molecule has 5 nitrogen and oxygen atoms in total. The first-order chi connectivity index (χ1) is 9.43. The van der Waals surface area contributed by atoms with Gasteiger partial charge in [-0.1, -0.05) is 6.07 Å². The molecule has 5 heteroatoms. The van der Waals surface area contributed by atoms with Crippen LogP contribution in [0.5, 0.6) is 0 Å². The number of fused-ring (bicyclic) bond motifs is 1. The molecule has 0 amide bonds. The Balaban J connectivity index is 1.49. The first kappa shape index (κ1) is 12.3. The summed E-state index contributed by atoms with van der Waals surface area (Å²) in [6.07, 6.45) is 6.34. The van der Waals surface area contributed by atoms with Crippen LogP contribution in [0.1, 0.15) is 30.2 Å². The van der Waals surface area contributed by atoms with Gasteiger partial charge < -0.3 is 9.88 Å². The second kappa shape index (κ2) is 5.93. The van der Waals surface area contributed by atoms with Crippen molar-refractivity contribution in [2.75, 3.05) is 6.54 Å². The van der Waals surface area contributed by atoms with Crippen LogP contribution in [0.25, 0.3) is 0 Å². The second-order valence-corrected chi connectivity index (χ2v) is 4.89. The molecule has 0 aliphatic carbocycles. The maximum atomic E-state index is 4.31. The topological polar surface area (TPSA) is 55.6 Å². The van der Waals surface area contributed by atoms with Gasteiger partial charge in [0, 0.05) is 37.8 Å². The predicted octanol–water partition coefficient (Wildman–Crippen LogP) is 1.34. The standard InChI is InChI=1S/C14H19N5/c1-3-8-16-12(5-1)7-9-15-11-14-18-17-13-6-2-4-10-19(13)14/h1,3,5,8,15H,2,4,6-7,9-11H2. The van der Waals surface area contributed by atoms with Crippen molar-refractivity contribution in [2.45, 2.75) is 38.8 Å². The Morgan fingerprint density at radius 1 is 1.21 bits per heavy atom. The second-order valence-electron chi connectivity index (χ2n) is 4.89. The van der Waals surface area contributed by atoms with Gasteiger partial charge in [-0.25, -0.2) is 0 Å². The van der Waals surface area contributed by atoms with Crippen LogP contribution in [0.15, 0.2) is 24.4 Å². The van der Waals surface area contributed by atoms with E-state index in [4.69, 9.17) is 0 Å². The largest absolute Gasteiger partial charge is 0.314 e. The van der Waals surface area contributed by atoms with Crippen LogP contribution in [0.2, 0.25) is 0 Å². The molecule has 2 aromatic rings. The van der Waals surface area contributed by atoms with E-state index < -0.39 is 0 Å². The monoisotopic (exact) mass is 257 g/mol. The van der Waals surface area contributed by atoms with E-state index >= 15 is 0 Å². The van der Waals surface area contributed by atoms with E-state index in [1.54, 1.807) is 0 Å². The van der Waals surface area contributed by atoms with E-state index in [0.717, 1.165) is 49.8 Å². The minimum Gasteiger partial charge on any atom is -0.314 e. The number of hydrogen-bond donors (Lipinski definition) is 1. The SMILES string of the molecule is c1ccc(CCNCc2nnc3n2CCCC3)nc1. The van der Waals surface area contributed by atoms with E-state index in [1.165, 1.54) is 12.8 Å². The van der Waals surface area contributed by atoms with E-state index in [2.05, 4.69) is 31.1 Å². The molecular weight excluding hydrogens is 238 g/mol. The fourth-order valence-corrected chi connectivity index (χ4v) is 2.46. The zero-order valence-corrected chi connectivity index (χ0v) is 11.0. The Labute approximate surface area is 113 Å². The number of pyridine rings is 1. The van der Waals surface area contributed by atoms with Gasteiger partial charge in [0.25, 0.3) is 0 Å². The van der Waals surface area contributed by atoms with Crippen molar-refractivity contribution in [1.82, 2.24) is 25.1 Å². The zero-order valence-electron chi connectivity index (χ0n) is 11.0. The van der Waals surface area contributed by atoms with Crippen molar-refractivity contribution in [1.29, 1.82) is 0 Å². The van der Waals surface area contributed by atoms with Gasteiger partial charge in [-0.05, 0) is 25.0 Å². The Bertz CT molecular complexity index is 520. The highest BCUT2D eigenvalue weighted by atomic mass is 15.3. The molecule has 1 N–H and O–H groups in total. The van der Waals surface area contributed by atoms with Crippen LogP contribution in [0.4, 0.5) is 0 Å². The summed E-state index contributed by atoms with van der Waals surface area (Å²) in [6, 6.07) is 6.03. The van der Waals surface area contributed by atoms with Crippen LogP contribution < -0.4 is 5.32 Å². The summed E-state index contributed by atoms with van der Waals surface area (Å²) in [4.78, 5) is 4.31. The van der Waals surface area contributed by atoms with Crippen LogP contribution in [0, 0.1) is 0 Å². The third kappa shape index (κ3) is 2.98. The Kier molecular flexibility index (Phi) is 3.83. The van der Waals surface area contributed by atoms with E-state index in [9.17, 15) is 0 Å². The van der Waals surface area contributed by atoms with Crippen LogP contribution in [-0.2, 0) is 25.9 Å². The third-order valence-electron chi connectivity index (χ3n) is 3.50. The number of nitrogens with zero attached hydrogens (tertiary/aromatic N) is 4. The van der Waals surface area contributed by atoms with Gasteiger partial charge in [-0.2, -0.15) is 0 Å². The lowest BCUT2D eigenvalue weighted by Crippen LogP contribution is -2.21. The summed E-state index contributed by atoms with van der Waals surface area (Å²) in [5.74, 6) is 2.21. The lowest BCUT2D eigenvalue weighted by molar-refractivity contribution is 0.497. The maximum Gasteiger partial charge on any atom is 0.147 e. The van der Waals surface area contributed by atoms with Crippen LogP contribution in [0.3, 0.4) is 0 Å². The van der Waals surface area contributed by atoms with E-state index in [1.807, 2.05) is 18.3 Å². The van der Waals surface area contributed by atoms with Crippen molar-refractivity contribution in [3.05, 3.63) is 41.7 Å². The third-order valence-corrected chi connectivity index (χ3v) is 3.50. The van der Waals surface area contributed by atoms with Crippen molar-refractivity contribution in [3.63, 3.8) is 0 Å². The van der Waals surface area contributed by atoms with Gasteiger partial charge in [0.05, 0.1) is 6.54 Å². The van der Waals surface area contributed by atoms with Gasteiger partial charge in [-0.3, -0.25) is 4.98 Å².